The van der Waals surface area contributed by atoms with Crippen LogP contribution in [0.3, 0.4) is 0 Å². The van der Waals surface area contributed by atoms with Crippen molar-refractivity contribution in [1.29, 1.82) is 0 Å². The number of fused-ring (bicyclic) bond motifs is 3. The first-order chi connectivity index (χ1) is 11.8. The van der Waals surface area contributed by atoms with Crippen molar-refractivity contribution < 1.29 is 27.5 Å². The van der Waals surface area contributed by atoms with Gasteiger partial charge in [-0.1, -0.05) is 0 Å². The number of alkyl halides is 3. The fourth-order valence-electron chi connectivity index (χ4n) is 3.70. The highest BCUT2D eigenvalue weighted by molar-refractivity contribution is 9.10. The molecule has 2 aromatic rings. The number of hydrogen-bond donors (Lipinski definition) is 1. The summed E-state index contributed by atoms with van der Waals surface area (Å²) in [4.78, 5) is 18.6. The van der Waals surface area contributed by atoms with Crippen molar-refractivity contribution in [2.45, 2.75) is 31.1 Å². The van der Waals surface area contributed by atoms with Crippen molar-refractivity contribution in [2.75, 3.05) is 18.0 Å². The van der Waals surface area contributed by atoms with Gasteiger partial charge in [0.05, 0.1) is 22.1 Å². The molecular formula is C15H13BrF3N3O3. The lowest BCUT2D eigenvalue weighted by atomic mass is 10.2. The average molecular weight is 420 g/mol. The quantitative estimate of drug-likeness (QED) is 0.757. The van der Waals surface area contributed by atoms with E-state index < -0.39 is 17.8 Å². The normalized spacial score (nSPS) is 23.5. The zero-order chi connectivity index (χ0) is 17.9. The first kappa shape index (κ1) is 16.5. The number of nitrogens with zero attached hydrogens (tertiary/aromatic N) is 3. The summed E-state index contributed by atoms with van der Waals surface area (Å²) in [5.41, 5.74) is -1.06. The lowest BCUT2D eigenvalue weighted by molar-refractivity contribution is -0.136. The minimum Gasteiger partial charge on any atom is -0.465 e. The molecule has 1 amide bonds. The van der Waals surface area contributed by atoms with Gasteiger partial charge in [-0.25, -0.2) is 4.79 Å². The van der Waals surface area contributed by atoms with E-state index in [0.717, 1.165) is 18.9 Å². The highest BCUT2D eigenvalue weighted by Gasteiger charge is 2.44. The van der Waals surface area contributed by atoms with Gasteiger partial charge in [0.25, 0.3) is 6.01 Å². The van der Waals surface area contributed by atoms with Crippen LogP contribution >= 0.6 is 15.9 Å². The van der Waals surface area contributed by atoms with Crippen molar-refractivity contribution in [3.05, 3.63) is 22.2 Å². The second kappa shape index (κ2) is 5.52. The molecule has 0 aliphatic carbocycles. The molecule has 2 saturated heterocycles. The molecule has 0 radical (unpaired) electrons. The Bertz CT molecular complexity index is 840. The van der Waals surface area contributed by atoms with Crippen LogP contribution in [0.5, 0.6) is 0 Å². The predicted octanol–water partition coefficient (Wildman–Crippen LogP) is 3.94. The summed E-state index contributed by atoms with van der Waals surface area (Å²) in [6, 6.07) is 1.94. The summed E-state index contributed by atoms with van der Waals surface area (Å²) in [7, 11) is 0. The number of aromatic nitrogens is 1. The molecule has 1 N–H and O–H groups in total. The summed E-state index contributed by atoms with van der Waals surface area (Å²) < 4.78 is 45.6. The van der Waals surface area contributed by atoms with Crippen molar-refractivity contribution in [1.82, 2.24) is 9.88 Å². The van der Waals surface area contributed by atoms with E-state index in [-0.39, 0.29) is 29.2 Å². The predicted molar refractivity (Wildman–Crippen MR) is 85.6 cm³/mol. The molecular weight excluding hydrogens is 407 g/mol. The fourth-order valence-corrected chi connectivity index (χ4v) is 4.10. The molecule has 4 rings (SSSR count). The number of hydrogen-bond acceptors (Lipinski definition) is 4. The van der Waals surface area contributed by atoms with Crippen molar-refractivity contribution in [3.63, 3.8) is 0 Å². The first-order valence-electron chi connectivity index (χ1n) is 7.68. The van der Waals surface area contributed by atoms with Crippen LogP contribution in [0, 0.1) is 0 Å². The Labute approximate surface area is 148 Å². The molecule has 2 aliphatic rings. The summed E-state index contributed by atoms with van der Waals surface area (Å²) in [6.45, 7) is 0.711. The van der Waals surface area contributed by atoms with Crippen molar-refractivity contribution in [2.24, 2.45) is 0 Å². The van der Waals surface area contributed by atoms with E-state index in [4.69, 9.17) is 4.42 Å². The zero-order valence-electron chi connectivity index (χ0n) is 12.8. The Balaban J connectivity index is 1.72. The van der Waals surface area contributed by atoms with E-state index >= 15 is 0 Å². The number of piperazine rings is 1. The van der Waals surface area contributed by atoms with Crippen LogP contribution in [-0.2, 0) is 6.18 Å². The van der Waals surface area contributed by atoms with Gasteiger partial charge in [-0.3, -0.25) is 4.90 Å². The van der Waals surface area contributed by atoms with E-state index in [2.05, 4.69) is 20.9 Å². The minimum atomic E-state index is -4.53. The Morgan fingerprint density at radius 2 is 1.92 bits per heavy atom. The standard InChI is InChI=1S/C15H13BrF3N3O3/c16-10-4-3-9(15(17,18)19)11-12(10)25-13(20-11)21-5-7-1-2-8(6-21)22(7)14(23)24/h3-4,7-8H,1-2,5-6H2,(H,23,24). The van der Waals surface area contributed by atoms with Gasteiger partial charge in [-0.05, 0) is 40.9 Å². The maximum Gasteiger partial charge on any atom is 0.418 e. The highest BCUT2D eigenvalue weighted by Crippen LogP contribution is 2.40. The minimum absolute atomic E-state index is 0.0397. The van der Waals surface area contributed by atoms with E-state index in [1.165, 1.54) is 11.0 Å². The average Bonchev–Trinajstić information content (AvgIpc) is 3.07. The Hall–Kier alpha value is -1.97. The molecule has 134 valence electrons. The number of rotatable bonds is 1. The maximum atomic E-state index is 13.2. The van der Waals surface area contributed by atoms with Crippen molar-refractivity contribution >= 4 is 39.1 Å². The third kappa shape index (κ3) is 2.62. The van der Waals surface area contributed by atoms with Gasteiger partial charge in [0.15, 0.2) is 5.58 Å². The van der Waals surface area contributed by atoms with Crippen molar-refractivity contribution in [3.8, 4) is 0 Å². The van der Waals surface area contributed by atoms with E-state index in [1.54, 1.807) is 4.90 Å². The molecule has 6 nitrogen and oxygen atoms in total. The molecule has 0 saturated carbocycles. The molecule has 3 heterocycles. The molecule has 25 heavy (non-hydrogen) atoms. The zero-order valence-corrected chi connectivity index (χ0v) is 14.3. The van der Waals surface area contributed by atoms with Crippen LogP contribution in [-0.4, -0.2) is 46.3 Å². The van der Waals surface area contributed by atoms with Crippen LogP contribution in [0.15, 0.2) is 21.0 Å². The maximum absolute atomic E-state index is 13.2. The molecule has 2 bridgehead atoms. The molecule has 2 fully saturated rings. The summed E-state index contributed by atoms with van der Waals surface area (Å²) >= 11 is 3.19. The highest BCUT2D eigenvalue weighted by atomic mass is 79.9. The van der Waals surface area contributed by atoms with Gasteiger partial charge in [0, 0.05) is 13.1 Å². The number of halogens is 4. The lowest BCUT2D eigenvalue weighted by Crippen LogP contribution is -2.55. The van der Waals surface area contributed by atoms with Gasteiger partial charge in [0.1, 0.15) is 5.52 Å². The van der Waals surface area contributed by atoms with Gasteiger partial charge in [-0.15, -0.1) is 0 Å². The molecule has 10 heteroatoms. The van der Waals surface area contributed by atoms with E-state index in [9.17, 15) is 23.1 Å². The SMILES string of the molecule is O=C(O)N1C2CCC1CN(c1nc3c(C(F)(F)F)ccc(Br)c3o1)C2. The van der Waals surface area contributed by atoms with Gasteiger partial charge >= 0.3 is 12.3 Å². The number of oxazole rings is 1. The molecule has 1 aromatic heterocycles. The third-order valence-corrected chi connectivity index (χ3v) is 5.39. The Kier molecular flexibility index (Phi) is 3.64. The number of benzene rings is 1. The molecule has 0 spiro atoms. The molecule has 2 atom stereocenters. The van der Waals surface area contributed by atoms with E-state index in [0.29, 0.717) is 17.6 Å². The lowest BCUT2D eigenvalue weighted by Gasteiger charge is -2.38. The second-order valence-electron chi connectivity index (χ2n) is 6.25. The number of amides is 1. The van der Waals surface area contributed by atoms with Crippen LogP contribution in [0.25, 0.3) is 11.1 Å². The van der Waals surface area contributed by atoms with Gasteiger partial charge in [-0.2, -0.15) is 18.2 Å². The summed E-state index contributed by atoms with van der Waals surface area (Å²) in [6.07, 6.45) is -4.04. The largest absolute Gasteiger partial charge is 0.465 e. The first-order valence-corrected chi connectivity index (χ1v) is 8.47. The van der Waals surface area contributed by atoms with Crippen LogP contribution < -0.4 is 4.90 Å². The molecule has 2 unspecified atom stereocenters. The topological polar surface area (TPSA) is 69.8 Å². The number of anilines is 1. The van der Waals surface area contributed by atoms with E-state index in [1.807, 2.05) is 0 Å². The monoisotopic (exact) mass is 419 g/mol. The van der Waals surface area contributed by atoms with Crippen LogP contribution in [0.4, 0.5) is 24.0 Å². The van der Waals surface area contributed by atoms with Crippen LogP contribution in [0.1, 0.15) is 18.4 Å². The number of carboxylic acid groups (broad SMARTS) is 1. The molecule has 2 aliphatic heterocycles. The Morgan fingerprint density at radius 3 is 2.48 bits per heavy atom. The molecule has 1 aromatic carbocycles. The summed E-state index contributed by atoms with van der Waals surface area (Å²) in [5.74, 6) is 0. The second-order valence-corrected chi connectivity index (χ2v) is 7.10. The smallest absolute Gasteiger partial charge is 0.418 e. The number of carbonyl (C=O) groups is 1. The summed E-state index contributed by atoms with van der Waals surface area (Å²) in [5, 5.41) is 9.29. The van der Waals surface area contributed by atoms with Crippen LogP contribution in [0.2, 0.25) is 0 Å². The Morgan fingerprint density at radius 1 is 1.28 bits per heavy atom. The van der Waals surface area contributed by atoms with Gasteiger partial charge in [0.2, 0.25) is 0 Å². The fraction of sp³-hybridized carbons (Fsp3) is 0.467. The third-order valence-electron chi connectivity index (χ3n) is 4.76. The van der Waals surface area contributed by atoms with Gasteiger partial charge < -0.3 is 14.4 Å².